The highest BCUT2D eigenvalue weighted by Crippen LogP contribution is 2.42. The number of anilines is 1. The van der Waals surface area contributed by atoms with E-state index in [0.29, 0.717) is 12.4 Å². The molecule has 0 saturated carbocycles. The zero-order valence-electron chi connectivity index (χ0n) is 18.3. The fourth-order valence-corrected chi connectivity index (χ4v) is 6.33. The molecule has 164 valence electrons. The van der Waals surface area contributed by atoms with Gasteiger partial charge in [0.1, 0.15) is 9.86 Å². The molecule has 8 heteroatoms. The minimum absolute atomic E-state index is 0.0263. The standard InChI is InChI=1S/C23H27N3O2S3/c1-5-10-29-22-25-20(30-13-18(27)24-16-9-7-6-8-14(16)2)19-15-11-23(3,4)28-12-17(15)31-21(19)26-22/h6-9H,5,10-13H2,1-4H3,(H,24,27). The first-order valence-corrected chi connectivity index (χ1v) is 13.2. The predicted octanol–water partition coefficient (Wildman–Crippen LogP) is 6.08. The number of nitrogens with one attached hydrogen (secondary N) is 1. The molecule has 0 bridgehead atoms. The van der Waals surface area contributed by atoms with Crippen LogP contribution in [-0.4, -0.2) is 33.0 Å². The van der Waals surface area contributed by atoms with E-state index in [9.17, 15) is 4.79 Å². The SMILES string of the molecule is CCCSc1nc(SCC(=O)Nc2ccccc2C)c2c3c(sc2n1)COC(C)(C)C3. The number of fused-ring (bicyclic) bond motifs is 3. The van der Waals surface area contributed by atoms with Gasteiger partial charge < -0.3 is 10.1 Å². The summed E-state index contributed by atoms with van der Waals surface area (Å²) in [5.74, 6) is 1.26. The molecule has 0 radical (unpaired) electrons. The van der Waals surface area contributed by atoms with Crippen molar-refractivity contribution in [3.63, 3.8) is 0 Å². The van der Waals surface area contributed by atoms with E-state index >= 15 is 0 Å². The van der Waals surface area contributed by atoms with Crippen molar-refractivity contribution in [2.45, 2.75) is 62.9 Å². The molecule has 0 aliphatic carbocycles. The summed E-state index contributed by atoms with van der Waals surface area (Å²) < 4.78 is 6.02. The van der Waals surface area contributed by atoms with Gasteiger partial charge >= 0.3 is 0 Å². The maximum absolute atomic E-state index is 12.7. The van der Waals surface area contributed by atoms with Crippen molar-refractivity contribution >= 4 is 56.7 Å². The van der Waals surface area contributed by atoms with Crippen LogP contribution in [0.15, 0.2) is 34.4 Å². The molecule has 0 spiro atoms. The fraction of sp³-hybridized carbons (Fsp3) is 0.435. The molecule has 1 N–H and O–H groups in total. The lowest BCUT2D eigenvalue weighted by atomic mass is 9.95. The monoisotopic (exact) mass is 473 g/mol. The molecular formula is C23H27N3O2S3. The minimum atomic E-state index is -0.208. The number of hydrogen-bond donors (Lipinski definition) is 1. The Bertz CT molecular complexity index is 1110. The molecule has 0 saturated heterocycles. The lowest BCUT2D eigenvalue weighted by Crippen LogP contribution is -2.31. The Labute approximate surface area is 195 Å². The lowest BCUT2D eigenvalue weighted by Gasteiger charge is -2.30. The second kappa shape index (κ2) is 9.48. The zero-order chi connectivity index (χ0) is 22.0. The van der Waals surface area contributed by atoms with Gasteiger partial charge in [0.2, 0.25) is 5.91 Å². The van der Waals surface area contributed by atoms with Crippen LogP contribution in [0.5, 0.6) is 0 Å². The Hall–Kier alpha value is -1.61. The topological polar surface area (TPSA) is 64.1 Å². The van der Waals surface area contributed by atoms with Gasteiger partial charge in [0.25, 0.3) is 0 Å². The van der Waals surface area contributed by atoms with E-state index in [1.807, 2.05) is 31.2 Å². The largest absolute Gasteiger partial charge is 0.370 e. The van der Waals surface area contributed by atoms with Crippen LogP contribution in [0.2, 0.25) is 0 Å². The van der Waals surface area contributed by atoms with Crippen LogP contribution in [0.25, 0.3) is 10.2 Å². The summed E-state index contributed by atoms with van der Waals surface area (Å²) in [6, 6.07) is 7.83. The molecule has 1 aliphatic rings. The molecule has 4 rings (SSSR count). The number of rotatable bonds is 7. The highest BCUT2D eigenvalue weighted by molar-refractivity contribution is 8.00. The van der Waals surface area contributed by atoms with Crippen LogP contribution < -0.4 is 5.32 Å². The van der Waals surface area contributed by atoms with E-state index in [1.54, 1.807) is 23.1 Å². The summed E-state index contributed by atoms with van der Waals surface area (Å²) in [5, 5.41) is 5.81. The van der Waals surface area contributed by atoms with E-state index in [2.05, 4.69) is 26.1 Å². The summed E-state index contributed by atoms with van der Waals surface area (Å²) in [4.78, 5) is 24.6. The van der Waals surface area contributed by atoms with Crippen molar-refractivity contribution in [2.75, 3.05) is 16.8 Å². The minimum Gasteiger partial charge on any atom is -0.370 e. The Morgan fingerprint density at radius 3 is 2.84 bits per heavy atom. The Morgan fingerprint density at radius 2 is 2.06 bits per heavy atom. The second-order valence-corrected chi connectivity index (χ2v) is 11.3. The van der Waals surface area contributed by atoms with Gasteiger partial charge in [0.05, 0.1) is 18.0 Å². The molecule has 0 atom stereocenters. The Balaban J connectivity index is 1.62. The van der Waals surface area contributed by atoms with E-state index in [-0.39, 0.29) is 11.5 Å². The van der Waals surface area contributed by atoms with Gasteiger partial charge in [0.15, 0.2) is 5.16 Å². The second-order valence-electron chi connectivity index (χ2n) is 8.22. The Kier molecular flexibility index (Phi) is 6.91. The first kappa shape index (κ1) is 22.6. The van der Waals surface area contributed by atoms with Gasteiger partial charge in [0, 0.05) is 28.1 Å². The van der Waals surface area contributed by atoms with Crippen molar-refractivity contribution in [1.29, 1.82) is 0 Å². The highest BCUT2D eigenvalue weighted by atomic mass is 32.2. The third kappa shape index (κ3) is 5.25. The molecule has 0 fully saturated rings. The number of hydrogen-bond acceptors (Lipinski definition) is 7. The summed E-state index contributed by atoms with van der Waals surface area (Å²) in [5.41, 5.74) is 2.98. The van der Waals surface area contributed by atoms with Crippen LogP contribution in [0, 0.1) is 6.92 Å². The number of carbonyl (C=O) groups is 1. The smallest absolute Gasteiger partial charge is 0.234 e. The van der Waals surface area contributed by atoms with Crippen LogP contribution in [0.3, 0.4) is 0 Å². The third-order valence-electron chi connectivity index (χ3n) is 5.07. The van der Waals surface area contributed by atoms with Gasteiger partial charge in [-0.2, -0.15) is 0 Å². The number of aryl methyl sites for hydroxylation is 1. The van der Waals surface area contributed by atoms with E-state index in [4.69, 9.17) is 14.7 Å². The number of carbonyl (C=O) groups excluding carboxylic acids is 1. The molecule has 0 unspecified atom stereocenters. The quantitative estimate of drug-likeness (QED) is 0.255. The molecule has 1 amide bonds. The summed E-state index contributed by atoms with van der Waals surface area (Å²) in [6.07, 6.45) is 1.90. The van der Waals surface area contributed by atoms with E-state index in [1.165, 1.54) is 22.2 Å². The number of thiophene rings is 1. The molecule has 1 aliphatic heterocycles. The number of nitrogens with zero attached hydrogens (tertiary/aromatic N) is 2. The van der Waals surface area contributed by atoms with Crippen molar-refractivity contribution in [1.82, 2.24) is 9.97 Å². The zero-order valence-corrected chi connectivity index (χ0v) is 20.7. The van der Waals surface area contributed by atoms with Gasteiger partial charge in [-0.3, -0.25) is 4.79 Å². The van der Waals surface area contributed by atoms with Crippen molar-refractivity contribution in [2.24, 2.45) is 0 Å². The number of ether oxygens (including phenoxy) is 1. The summed E-state index contributed by atoms with van der Waals surface area (Å²) in [7, 11) is 0. The summed E-state index contributed by atoms with van der Waals surface area (Å²) in [6.45, 7) is 9.00. The lowest BCUT2D eigenvalue weighted by molar-refractivity contribution is -0.113. The predicted molar refractivity (Wildman–Crippen MR) is 132 cm³/mol. The number of amides is 1. The average Bonchev–Trinajstić information content (AvgIpc) is 3.09. The van der Waals surface area contributed by atoms with E-state index < -0.39 is 0 Å². The van der Waals surface area contributed by atoms with Crippen LogP contribution in [0.4, 0.5) is 5.69 Å². The molecule has 5 nitrogen and oxygen atoms in total. The average molecular weight is 474 g/mol. The van der Waals surface area contributed by atoms with Crippen LogP contribution in [0.1, 0.15) is 43.2 Å². The fourth-order valence-electron chi connectivity index (χ4n) is 3.49. The van der Waals surface area contributed by atoms with Crippen molar-refractivity contribution in [3.05, 3.63) is 40.3 Å². The first-order valence-electron chi connectivity index (χ1n) is 10.4. The maximum atomic E-state index is 12.7. The Morgan fingerprint density at radius 1 is 1.26 bits per heavy atom. The first-order chi connectivity index (χ1) is 14.9. The van der Waals surface area contributed by atoms with Crippen molar-refractivity contribution in [3.8, 4) is 0 Å². The van der Waals surface area contributed by atoms with E-state index in [0.717, 1.165) is 50.2 Å². The molecule has 3 heterocycles. The normalized spacial score (nSPS) is 15.1. The van der Waals surface area contributed by atoms with Gasteiger partial charge in [-0.1, -0.05) is 48.6 Å². The molecular weight excluding hydrogens is 446 g/mol. The maximum Gasteiger partial charge on any atom is 0.234 e. The van der Waals surface area contributed by atoms with Gasteiger partial charge in [-0.05, 0) is 44.4 Å². The molecule has 31 heavy (non-hydrogen) atoms. The summed E-state index contributed by atoms with van der Waals surface area (Å²) >= 11 is 4.87. The van der Waals surface area contributed by atoms with Gasteiger partial charge in [-0.15, -0.1) is 11.3 Å². The molecule has 1 aromatic carbocycles. The number of para-hydroxylation sites is 1. The molecule has 2 aromatic heterocycles. The van der Waals surface area contributed by atoms with Crippen molar-refractivity contribution < 1.29 is 9.53 Å². The number of aromatic nitrogens is 2. The third-order valence-corrected chi connectivity index (χ3v) is 8.20. The van der Waals surface area contributed by atoms with Crippen LogP contribution >= 0.6 is 34.9 Å². The highest BCUT2D eigenvalue weighted by Gasteiger charge is 2.31. The molecule has 3 aromatic rings. The number of benzene rings is 1. The van der Waals surface area contributed by atoms with Crippen LogP contribution in [-0.2, 0) is 22.6 Å². The van der Waals surface area contributed by atoms with Gasteiger partial charge in [-0.25, -0.2) is 9.97 Å². The number of thioether (sulfide) groups is 2.